The average Bonchev–Trinajstić information content (AvgIpc) is 2.34. The molecule has 8 heteroatoms. The zero-order valence-electron chi connectivity index (χ0n) is 8.97. The van der Waals surface area contributed by atoms with E-state index in [1.54, 1.807) is 0 Å². The van der Waals surface area contributed by atoms with Crippen LogP contribution in [0.25, 0.3) is 0 Å². The Hall–Kier alpha value is -0.440. The summed E-state index contributed by atoms with van der Waals surface area (Å²) in [6, 6.07) is 0. The molecule has 1 heterocycles. The molecular weight excluding hydrogens is 250 g/mol. The Morgan fingerprint density at radius 3 is 2.53 bits per heavy atom. The summed E-state index contributed by atoms with van der Waals surface area (Å²) in [4.78, 5) is 3.60. The van der Waals surface area contributed by atoms with E-state index in [1.807, 2.05) is 0 Å². The van der Waals surface area contributed by atoms with Crippen LogP contribution < -0.4 is 0 Å². The van der Waals surface area contributed by atoms with Gasteiger partial charge in [-0.25, -0.2) is 4.99 Å². The first-order valence-electron chi connectivity index (χ1n) is 5.07. The Morgan fingerprint density at radius 2 is 1.94 bits per heavy atom. The lowest BCUT2D eigenvalue weighted by atomic mass is 9.99. The number of isothiocyanates is 1. The van der Waals surface area contributed by atoms with Gasteiger partial charge in [-0.1, -0.05) is 0 Å². The molecule has 0 amide bonds. The van der Waals surface area contributed by atoms with Crippen LogP contribution in [0.1, 0.15) is 0 Å². The van der Waals surface area contributed by atoms with E-state index < -0.39 is 37.3 Å². The van der Waals surface area contributed by atoms with Gasteiger partial charge in [-0.15, -0.1) is 0 Å². The predicted molar refractivity (Wildman–Crippen MR) is 59.6 cm³/mol. The van der Waals surface area contributed by atoms with Crippen molar-refractivity contribution in [3.05, 3.63) is 0 Å². The van der Waals surface area contributed by atoms with Crippen molar-refractivity contribution in [3.63, 3.8) is 0 Å². The van der Waals surface area contributed by atoms with Gasteiger partial charge < -0.3 is 29.9 Å². The first-order valence-corrected chi connectivity index (χ1v) is 5.48. The molecule has 7 nitrogen and oxygen atoms in total. The maximum atomic E-state index is 9.57. The normalized spacial score (nSPS) is 37.5. The smallest absolute Gasteiger partial charge is 0.186 e. The summed E-state index contributed by atoms with van der Waals surface area (Å²) in [6.07, 6.45) is -6.28. The molecule has 1 saturated heterocycles. The van der Waals surface area contributed by atoms with Crippen LogP contribution in [-0.2, 0) is 9.47 Å². The van der Waals surface area contributed by atoms with Crippen molar-refractivity contribution in [1.82, 2.24) is 0 Å². The summed E-state index contributed by atoms with van der Waals surface area (Å²) in [5.74, 6) is 0. The first kappa shape index (κ1) is 14.6. The third-order valence-electron chi connectivity index (χ3n) is 2.40. The highest BCUT2D eigenvalue weighted by Gasteiger charge is 2.43. The van der Waals surface area contributed by atoms with Gasteiger partial charge in [0.05, 0.1) is 24.9 Å². The Balaban J connectivity index is 2.50. The highest BCUT2D eigenvalue weighted by atomic mass is 32.1. The Bertz CT molecular complexity index is 283. The molecule has 98 valence electrons. The monoisotopic (exact) mass is 265 g/mol. The molecule has 17 heavy (non-hydrogen) atoms. The average molecular weight is 265 g/mol. The summed E-state index contributed by atoms with van der Waals surface area (Å²) in [7, 11) is 0. The minimum atomic E-state index is -1.43. The molecule has 0 spiro atoms. The lowest BCUT2D eigenvalue weighted by Gasteiger charge is -2.39. The van der Waals surface area contributed by atoms with E-state index in [0.29, 0.717) is 0 Å². The number of thiocarbonyl (C=S) groups is 1. The fourth-order valence-corrected chi connectivity index (χ4v) is 1.56. The number of aliphatic imine (C=N–C) groups is 1. The molecule has 4 N–H and O–H groups in total. The van der Waals surface area contributed by atoms with Crippen molar-refractivity contribution < 1.29 is 29.9 Å². The lowest BCUT2D eigenvalue weighted by Crippen LogP contribution is -2.59. The van der Waals surface area contributed by atoms with E-state index in [4.69, 9.17) is 14.6 Å². The summed E-state index contributed by atoms with van der Waals surface area (Å²) >= 11 is 4.36. The minimum Gasteiger partial charge on any atom is -0.394 e. The van der Waals surface area contributed by atoms with Crippen LogP contribution in [0.15, 0.2) is 4.99 Å². The zero-order valence-corrected chi connectivity index (χ0v) is 9.79. The zero-order chi connectivity index (χ0) is 12.8. The van der Waals surface area contributed by atoms with Crippen molar-refractivity contribution in [2.24, 2.45) is 4.99 Å². The molecule has 5 atom stereocenters. The molecule has 0 aromatic heterocycles. The molecule has 0 radical (unpaired) electrons. The molecule has 1 aliphatic rings. The van der Waals surface area contributed by atoms with Gasteiger partial charge in [0.15, 0.2) is 6.29 Å². The van der Waals surface area contributed by atoms with Gasteiger partial charge in [-0.3, -0.25) is 0 Å². The Morgan fingerprint density at radius 1 is 1.24 bits per heavy atom. The third-order valence-corrected chi connectivity index (χ3v) is 2.53. The molecule has 0 aromatic carbocycles. The standard InChI is InChI=1S/C9H15NO6S/c11-3-5-6(12)7(13)8(14)9(16-5)15-2-1-10-4-17/h5-9,11-14H,1-3H2/t5?,6-,7+,8?,9+/m1/s1. The molecule has 0 saturated carbocycles. The van der Waals surface area contributed by atoms with E-state index in [-0.39, 0.29) is 13.2 Å². The van der Waals surface area contributed by atoms with Gasteiger partial charge in [0.2, 0.25) is 0 Å². The van der Waals surface area contributed by atoms with Crippen LogP contribution in [0.4, 0.5) is 0 Å². The highest BCUT2D eigenvalue weighted by molar-refractivity contribution is 7.78. The van der Waals surface area contributed by atoms with Crippen LogP contribution in [-0.4, -0.2) is 76.1 Å². The quantitative estimate of drug-likeness (QED) is 0.256. The number of aliphatic hydroxyl groups excluding tert-OH is 4. The van der Waals surface area contributed by atoms with Crippen LogP contribution in [0.5, 0.6) is 0 Å². The Kier molecular flexibility index (Phi) is 6.10. The summed E-state index contributed by atoms with van der Waals surface area (Å²) < 4.78 is 10.2. The topological polar surface area (TPSA) is 112 Å². The van der Waals surface area contributed by atoms with Crippen LogP contribution in [0, 0.1) is 0 Å². The molecular formula is C9H15NO6S. The molecule has 0 aliphatic carbocycles. The fourth-order valence-electron chi connectivity index (χ4n) is 1.47. The summed E-state index contributed by atoms with van der Waals surface area (Å²) in [6.45, 7) is -0.117. The molecule has 1 fully saturated rings. The number of aliphatic hydroxyl groups is 4. The number of hydrogen-bond donors (Lipinski definition) is 4. The van der Waals surface area contributed by atoms with Crippen molar-refractivity contribution in [1.29, 1.82) is 0 Å². The number of hydrogen-bond acceptors (Lipinski definition) is 8. The van der Waals surface area contributed by atoms with Crippen molar-refractivity contribution in [2.75, 3.05) is 19.8 Å². The molecule has 1 aliphatic heterocycles. The van der Waals surface area contributed by atoms with Gasteiger partial charge >= 0.3 is 0 Å². The van der Waals surface area contributed by atoms with Gasteiger partial charge in [0.25, 0.3) is 0 Å². The SMILES string of the molecule is OCC1O[C@H](OCCN=C=S)C(O)[C@@H](O)[C@@H]1O. The van der Waals surface area contributed by atoms with E-state index in [2.05, 4.69) is 22.4 Å². The molecule has 0 aromatic rings. The molecule has 0 bridgehead atoms. The van der Waals surface area contributed by atoms with Crippen LogP contribution in [0.2, 0.25) is 0 Å². The van der Waals surface area contributed by atoms with Gasteiger partial charge in [0, 0.05) is 0 Å². The van der Waals surface area contributed by atoms with Gasteiger partial charge in [0.1, 0.15) is 24.4 Å². The minimum absolute atomic E-state index is 0.117. The Labute approximate surface area is 103 Å². The van der Waals surface area contributed by atoms with Crippen molar-refractivity contribution >= 4 is 17.4 Å². The largest absolute Gasteiger partial charge is 0.394 e. The second kappa shape index (κ2) is 7.10. The van der Waals surface area contributed by atoms with E-state index in [0.717, 1.165) is 0 Å². The predicted octanol–water partition coefficient (Wildman–Crippen LogP) is -2.09. The molecule has 2 unspecified atom stereocenters. The lowest BCUT2D eigenvalue weighted by molar-refractivity contribution is -0.300. The summed E-state index contributed by atoms with van der Waals surface area (Å²) in [5.41, 5.74) is 0. The number of rotatable bonds is 5. The van der Waals surface area contributed by atoms with E-state index in [1.165, 1.54) is 0 Å². The maximum Gasteiger partial charge on any atom is 0.186 e. The first-order chi connectivity index (χ1) is 8.11. The van der Waals surface area contributed by atoms with Crippen LogP contribution >= 0.6 is 12.2 Å². The van der Waals surface area contributed by atoms with Gasteiger partial charge in [-0.2, -0.15) is 0 Å². The van der Waals surface area contributed by atoms with Gasteiger partial charge in [-0.05, 0) is 12.2 Å². The fraction of sp³-hybridized carbons (Fsp3) is 0.889. The second-order valence-electron chi connectivity index (χ2n) is 3.54. The van der Waals surface area contributed by atoms with Crippen molar-refractivity contribution in [3.8, 4) is 0 Å². The third kappa shape index (κ3) is 3.77. The molecule has 1 rings (SSSR count). The second-order valence-corrected chi connectivity index (χ2v) is 3.72. The highest BCUT2D eigenvalue weighted by Crippen LogP contribution is 2.21. The van der Waals surface area contributed by atoms with E-state index >= 15 is 0 Å². The van der Waals surface area contributed by atoms with Crippen LogP contribution in [0.3, 0.4) is 0 Å². The van der Waals surface area contributed by atoms with Crippen molar-refractivity contribution in [2.45, 2.75) is 30.7 Å². The number of nitrogens with zero attached hydrogens (tertiary/aromatic N) is 1. The number of ether oxygens (including phenoxy) is 2. The maximum absolute atomic E-state index is 9.57. The summed E-state index contributed by atoms with van der Waals surface area (Å²) in [5, 5.41) is 39.6. The van der Waals surface area contributed by atoms with E-state index in [9.17, 15) is 15.3 Å².